The maximum Gasteiger partial charge on any atom is 0.144 e. The van der Waals surface area contributed by atoms with Crippen molar-refractivity contribution < 1.29 is 4.79 Å². The molecular formula is C19H22O. The van der Waals surface area contributed by atoms with E-state index in [9.17, 15) is 4.79 Å². The van der Waals surface area contributed by atoms with Crippen LogP contribution in [0.1, 0.15) is 49.3 Å². The molecule has 3 aliphatic carbocycles. The van der Waals surface area contributed by atoms with Crippen molar-refractivity contribution in [2.45, 2.75) is 51.9 Å². The van der Waals surface area contributed by atoms with Crippen molar-refractivity contribution in [3.8, 4) is 0 Å². The van der Waals surface area contributed by atoms with Crippen LogP contribution in [0.5, 0.6) is 0 Å². The number of allylic oxidation sites excluding steroid dienone is 2. The van der Waals surface area contributed by atoms with E-state index in [1.165, 1.54) is 23.1 Å². The van der Waals surface area contributed by atoms with E-state index in [0.29, 0.717) is 18.1 Å². The first-order valence-corrected chi connectivity index (χ1v) is 8.04. The Kier molecular flexibility index (Phi) is 2.67. The lowest BCUT2D eigenvalue weighted by atomic mass is 9.62. The van der Waals surface area contributed by atoms with Gasteiger partial charge in [-0.15, -0.1) is 0 Å². The molecule has 20 heavy (non-hydrogen) atoms. The number of hydrogen-bond donors (Lipinski definition) is 0. The quantitative estimate of drug-likeness (QED) is 0.739. The zero-order valence-electron chi connectivity index (χ0n) is 12.2. The van der Waals surface area contributed by atoms with Crippen LogP contribution in [-0.4, -0.2) is 5.78 Å². The minimum Gasteiger partial charge on any atom is -0.299 e. The van der Waals surface area contributed by atoms with E-state index in [1.807, 2.05) is 0 Å². The summed E-state index contributed by atoms with van der Waals surface area (Å²) >= 11 is 0. The van der Waals surface area contributed by atoms with Crippen molar-refractivity contribution in [2.24, 2.45) is 11.3 Å². The van der Waals surface area contributed by atoms with E-state index >= 15 is 0 Å². The van der Waals surface area contributed by atoms with E-state index in [0.717, 1.165) is 32.1 Å². The molecule has 0 aliphatic heterocycles. The number of fused-ring (bicyclic) bond motifs is 4. The van der Waals surface area contributed by atoms with Crippen LogP contribution in [0, 0.1) is 11.3 Å². The molecule has 1 aromatic rings. The fourth-order valence-electron chi connectivity index (χ4n) is 4.80. The topological polar surface area (TPSA) is 17.1 Å². The van der Waals surface area contributed by atoms with Crippen LogP contribution < -0.4 is 0 Å². The first-order chi connectivity index (χ1) is 9.73. The number of hydrogen-bond acceptors (Lipinski definition) is 1. The Morgan fingerprint density at radius 1 is 1.30 bits per heavy atom. The maximum atomic E-state index is 12.9. The minimum absolute atomic E-state index is 0.0259. The van der Waals surface area contributed by atoms with Crippen molar-refractivity contribution in [2.75, 3.05) is 0 Å². The summed E-state index contributed by atoms with van der Waals surface area (Å²) in [5, 5.41) is 0. The number of carbonyl (C=O) groups is 1. The molecule has 1 spiro atoms. The molecule has 1 aromatic carbocycles. The SMILES string of the molecule is CCCc1cccc2c1CC(=O)C1(CC3=CCC1C3)C2. The molecule has 3 aliphatic rings. The number of aryl methyl sites for hydroxylation is 1. The van der Waals surface area contributed by atoms with Gasteiger partial charge < -0.3 is 0 Å². The van der Waals surface area contributed by atoms with Crippen LogP contribution in [0.2, 0.25) is 0 Å². The van der Waals surface area contributed by atoms with Crippen molar-refractivity contribution in [1.29, 1.82) is 0 Å². The van der Waals surface area contributed by atoms with Gasteiger partial charge in [0.25, 0.3) is 0 Å². The van der Waals surface area contributed by atoms with Gasteiger partial charge in [0.05, 0.1) is 0 Å². The Hall–Kier alpha value is -1.37. The summed E-state index contributed by atoms with van der Waals surface area (Å²) in [7, 11) is 0. The lowest BCUT2D eigenvalue weighted by Crippen LogP contribution is -2.42. The van der Waals surface area contributed by atoms with E-state index < -0.39 is 0 Å². The van der Waals surface area contributed by atoms with E-state index in [2.05, 4.69) is 31.2 Å². The predicted octanol–water partition coefficient (Wildman–Crippen LogP) is 4.03. The van der Waals surface area contributed by atoms with E-state index in [1.54, 1.807) is 5.57 Å². The van der Waals surface area contributed by atoms with Crippen molar-refractivity contribution in [3.05, 3.63) is 46.5 Å². The van der Waals surface area contributed by atoms with Crippen LogP contribution in [0.15, 0.2) is 29.8 Å². The number of rotatable bonds is 2. The number of carbonyl (C=O) groups excluding carboxylic acids is 1. The molecule has 0 saturated heterocycles. The third-order valence-corrected chi connectivity index (χ3v) is 5.81. The van der Waals surface area contributed by atoms with E-state index in [4.69, 9.17) is 0 Å². The molecule has 1 saturated carbocycles. The summed E-state index contributed by atoms with van der Waals surface area (Å²) in [6.07, 6.45) is 9.72. The number of ketones is 1. The van der Waals surface area contributed by atoms with Crippen LogP contribution in [-0.2, 0) is 24.1 Å². The smallest absolute Gasteiger partial charge is 0.144 e. The van der Waals surface area contributed by atoms with Gasteiger partial charge in [0.15, 0.2) is 0 Å². The number of Topliss-reactive ketones (excluding diaryl/α,β-unsaturated/α-hetero) is 1. The molecular weight excluding hydrogens is 244 g/mol. The molecule has 0 N–H and O–H groups in total. The average molecular weight is 266 g/mol. The zero-order chi connectivity index (χ0) is 13.7. The zero-order valence-corrected chi connectivity index (χ0v) is 12.2. The molecule has 104 valence electrons. The highest BCUT2D eigenvalue weighted by Gasteiger charge is 2.53. The van der Waals surface area contributed by atoms with Gasteiger partial charge in [-0.1, -0.05) is 43.2 Å². The summed E-state index contributed by atoms with van der Waals surface area (Å²) in [5.74, 6) is 1.13. The highest BCUT2D eigenvalue weighted by molar-refractivity contribution is 5.91. The Bertz CT molecular complexity index is 610. The summed E-state index contributed by atoms with van der Waals surface area (Å²) in [4.78, 5) is 12.9. The van der Waals surface area contributed by atoms with Gasteiger partial charge in [-0.3, -0.25) is 4.79 Å². The molecule has 0 amide bonds. The second-order valence-electron chi connectivity index (χ2n) is 6.91. The molecule has 1 heteroatoms. The molecule has 2 unspecified atom stereocenters. The van der Waals surface area contributed by atoms with E-state index in [-0.39, 0.29) is 5.41 Å². The summed E-state index contributed by atoms with van der Waals surface area (Å²) in [6, 6.07) is 6.68. The fraction of sp³-hybridized carbons (Fsp3) is 0.526. The standard InChI is InChI=1S/C19H22O/c1-2-4-14-5-3-6-15-12-19(18(20)10-17(14)15)11-13-7-8-16(19)9-13/h3,5-7,16H,2,4,8-12H2,1H3. The molecule has 0 aromatic heterocycles. The van der Waals surface area contributed by atoms with Gasteiger partial charge in [-0.2, -0.15) is 0 Å². The Balaban J connectivity index is 1.75. The predicted molar refractivity (Wildman–Crippen MR) is 80.7 cm³/mol. The molecule has 1 nitrogen and oxygen atoms in total. The number of benzene rings is 1. The normalized spacial score (nSPS) is 30.8. The summed E-state index contributed by atoms with van der Waals surface area (Å²) in [6.45, 7) is 2.22. The van der Waals surface area contributed by atoms with Crippen molar-refractivity contribution in [3.63, 3.8) is 0 Å². The Morgan fingerprint density at radius 2 is 2.20 bits per heavy atom. The van der Waals surface area contributed by atoms with Gasteiger partial charge in [0.1, 0.15) is 5.78 Å². The lowest BCUT2D eigenvalue weighted by Gasteiger charge is -2.39. The molecule has 2 atom stereocenters. The average Bonchev–Trinajstić information content (AvgIpc) is 3.02. The second-order valence-corrected chi connectivity index (χ2v) is 6.91. The lowest BCUT2D eigenvalue weighted by molar-refractivity contribution is -0.131. The molecule has 1 fully saturated rings. The second kappa shape index (κ2) is 4.31. The van der Waals surface area contributed by atoms with Crippen LogP contribution >= 0.6 is 0 Å². The molecule has 0 radical (unpaired) electrons. The van der Waals surface area contributed by atoms with Crippen molar-refractivity contribution in [1.82, 2.24) is 0 Å². The van der Waals surface area contributed by atoms with Crippen LogP contribution in [0.25, 0.3) is 0 Å². The summed E-state index contributed by atoms with van der Waals surface area (Å²) in [5.41, 5.74) is 5.76. The van der Waals surface area contributed by atoms with Gasteiger partial charge in [-0.25, -0.2) is 0 Å². The highest BCUT2D eigenvalue weighted by atomic mass is 16.1. The Morgan fingerprint density at radius 3 is 2.90 bits per heavy atom. The van der Waals surface area contributed by atoms with Gasteiger partial charge in [-0.05, 0) is 54.7 Å². The van der Waals surface area contributed by atoms with Gasteiger partial charge in [0, 0.05) is 11.8 Å². The monoisotopic (exact) mass is 266 g/mol. The molecule has 2 bridgehead atoms. The van der Waals surface area contributed by atoms with Crippen molar-refractivity contribution >= 4 is 5.78 Å². The third-order valence-electron chi connectivity index (χ3n) is 5.81. The Labute approximate surface area is 121 Å². The van der Waals surface area contributed by atoms with Crippen LogP contribution in [0.3, 0.4) is 0 Å². The summed E-state index contributed by atoms with van der Waals surface area (Å²) < 4.78 is 0. The fourth-order valence-corrected chi connectivity index (χ4v) is 4.80. The first-order valence-electron chi connectivity index (χ1n) is 8.04. The maximum absolute atomic E-state index is 12.9. The van der Waals surface area contributed by atoms with Crippen LogP contribution in [0.4, 0.5) is 0 Å². The third kappa shape index (κ3) is 1.58. The molecule has 4 rings (SSSR count). The molecule has 0 heterocycles. The minimum atomic E-state index is -0.0259. The first kappa shape index (κ1) is 12.4. The van der Waals surface area contributed by atoms with Gasteiger partial charge in [0.2, 0.25) is 0 Å². The highest BCUT2D eigenvalue weighted by Crippen LogP contribution is 2.56. The van der Waals surface area contributed by atoms with Gasteiger partial charge >= 0.3 is 0 Å². The largest absolute Gasteiger partial charge is 0.299 e.